The molecule has 2 amide bonds. The largest absolute Gasteiger partial charge is 0.327 e. The Kier molecular flexibility index (Phi) is 5.65. The Bertz CT molecular complexity index is 393. The number of likely N-dealkylation sites (tertiary alicyclic amines) is 1. The average Bonchev–Trinajstić information content (AvgIpc) is 2.79. The number of imide groups is 1. The summed E-state index contributed by atoms with van der Waals surface area (Å²) in [6.07, 6.45) is 6.05. The van der Waals surface area contributed by atoms with Gasteiger partial charge in [-0.05, 0) is 46.5 Å². The molecule has 0 aromatic carbocycles. The molecule has 0 bridgehead atoms. The Labute approximate surface area is 135 Å². The number of nitrogens with zero attached hydrogens (tertiary/aromatic N) is 2. The highest BCUT2D eigenvalue weighted by atomic mass is 16.2. The highest BCUT2D eigenvalue weighted by Crippen LogP contribution is 2.39. The minimum absolute atomic E-state index is 0.00368. The summed E-state index contributed by atoms with van der Waals surface area (Å²) < 4.78 is 1.07. The Hall–Kier alpha value is -0.900. The second-order valence-corrected chi connectivity index (χ2v) is 7.51. The summed E-state index contributed by atoms with van der Waals surface area (Å²) >= 11 is 0. The van der Waals surface area contributed by atoms with Gasteiger partial charge in [-0.1, -0.05) is 12.8 Å². The molecule has 0 unspecified atom stereocenters. The number of amides is 2. The second kappa shape index (κ2) is 7.12. The summed E-state index contributed by atoms with van der Waals surface area (Å²) in [5.41, 5.74) is 0. The number of quaternary nitrogens is 1. The van der Waals surface area contributed by atoms with Crippen LogP contribution in [0.2, 0.25) is 0 Å². The molecule has 0 spiro atoms. The van der Waals surface area contributed by atoms with E-state index in [4.69, 9.17) is 0 Å². The van der Waals surface area contributed by atoms with Crippen molar-refractivity contribution >= 4 is 11.8 Å². The van der Waals surface area contributed by atoms with Crippen LogP contribution in [0, 0.1) is 11.8 Å². The Morgan fingerprint density at radius 2 is 1.59 bits per heavy atom. The van der Waals surface area contributed by atoms with Crippen molar-refractivity contribution in [1.29, 1.82) is 0 Å². The highest BCUT2D eigenvalue weighted by Gasteiger charge is 2.49. The number of hydrogen-bond acceptors (Lipinski definition) is 2. The van der Waals surface area contributed by atoms with Gasteiger partial charge in [0.05, 0.1) is 38.5 Å². The minimum Gasteiger partial charge on any atom is -0.327 e. The first-order chi connectivity index (χ1) is 10.4. The maximum absolute atomic E-state index is 12.6. The van der Waals surface area contributed by atoms with Crippen LogP contribution in [-0.2, 0) is 9.59 Å². The third-order valence-electron chi connectivity index (χ3n) is 6.16. The summed E-state index contributed by atoms with van der Waals surface area (Å²) in [6.45, 7) is 9.90. The van der Waals surface area contributed by atoms with Crippen molar-refractivity contribution in [3.8, 4) is 0 Å². The molecule has 126 valence electrons. The lowest BCUT2D eigenvalue weighted by atomic mass is 9.81. The lowest BCUT2D eigenvalue weighted by Crippen LogP contribution is -2.45. The Morgan fingerprint density at radius 3 is 2.05 bits per heavy atom. The van der Waals surface area contributed by atoms with Crippen LogP contribution in [0.15, 0.2) is 0 Å². The van der Waals surface area contributed by atoms with Gasteiger partial charge in [0.2, 0.25) is 11.8 Å². The van der Waals surface area contributed by atoms with E-state index in [9.17, 15) is 9.59 Å². The molecule has 2 rings (SSSR count). The lowest BCUT2D eigenvalue weighted by Gasteiger charge is -2.33. The summed E-state index contributed by atoms with van der Waals surface area (Å²) in [5, 5.41) is 0. The van der Waals surface area contributed by atoms with Gasteiger partial charge in [0.15, 0.2) is 0 Å². The highest BCUT2D eigenvalue weighted by molar-refractivity contribution is 6.05. The van der Waals surface area contributed by atoms with Crippen molar-refractivity contribution < 1.29 is 14.1 Å². The molecule has 4 heteroatoms. The molecular weight excluding hydrogens is 276 g/mol. The zero-order valence-electron chi connectivity index (χ0n) is 14.8. The van der Waals surface area contributed by atoms with E-state index in [0.29, 0.717) is 0 Å². The monoisotopic (exact) mass is 309 g/mol. The standard InChI is InChI=1S/C18H33N2O2/c1-5-20(4,6-2)13-9-10-14(3)19-17(21)15-11-7-8-12-16(15)18(19)22/h14-16H,5-13H2,1-4H3/q+1/t14-,15+,16+/m1/s1. The SMILES string of the molecule is CC[N+](C)(CC)CCC[C@@H](C)N1C(=O)[C@H]2CCCC[C@@H]2C1=O. The number of rotatable bonds is 7. The van der Waals surface area contributed by atoms with E-state index in [-0.39, 0.29) is 29.7 Å². The molecule has 0 aromatic rings. The van der Waals surface area contributed by atoms with Crippen LogP contribution in [-0.4, -0.2) is 53.9 Å². The molecule has 2 aliphatic rings. The van der Waals surface area contributed by atoms with Crippen molar-refractivity contribution in [2.24, 2.45) is 11.8 Å². The van der Waals surface area contributed by atoms with Crippen molar-refractivity contribution in [1.82, 2.24) is 4.90 Å². The van der Waals surface area contributed by atoms with Crippen molar-refractivity contribution in [2.45, 2.75) is 65.3 Å². The Morgan fingerprint density at radius 1 is 1.09 bits per heavy atom. The molecule has 3 atom stereocenters. The summed E-state index contributed by atoms with van der Waals surface area (Å²) in [4.78, 5) is 26.7. The normalized spacial score (nSPS) is 27.2. The molecule has 0 aromatic heterocycles. The van der Waals surface area contributed by atoms with Gasteiger partial charge in [-0.2, -0.15) is 0 Å². The molecular formula is C18H33N2O2+. The van der Waals surface area contributed by atoms with Gasteiger partial charge >= 0.3 is 0 Å². The predicted molar refractivity (Wildman–Crippen MR) is 88.1 cm³/mol. The topological polar surface area (TPSA) is 37.4 Å². The summed E-state index contributed by atoms with van der Waals surface area (Å²) in [6, 6.07) is 0.0627. The van der Waals surface area contributed by atoms with Crippen molar-refractivity contribution in [3.05, 3.63) is 0 Å². The number of fused-ring (bicyclic) bond motifs is 1. The van der Waals surface area contributed by atoms with E-state index >= 15 is 0 Å². The zero-order chi connectivity index (χ0) is 16.3. The van der Waals surface area contributed by atoms with Crippen LogP contribution in [0.4, 0.5) is 0 Å². The van der Waals surface area contributed by atoms with E-state index < -0.39 is 0 Å². The first-order valence-corrected chi connectivity index (χ1v) is 9.14. The zero-order valence-corrected chi connectivity index (χ0v) is 14.8. The van der Waals surface area contributed by atoms with E-state index in [1.807, 2.05) is 0 Å². The number of carbonyl (C=O) groups is 2. The fourth-order valence-electron chi connectivity index (χ4n) is 4.06. The van der Waals surface area contributed by atoms with Gasteiger partial charge in [0.1, 0.15) is 0 Å². The van der Waals surface area contributed by atoms with Crippen molar-refractivity contribution in [2.75, 3.05) is 26.7 Å². The quantitative estimate of drug-likeness (QED) is 0.536. The maximum atomic E-state index is 12.6. The molecule has 1 aliphatic carbocycles. The van der Waals surface area contributed by atoms with Gasteiger partial charge in [0, 0.05) is 6.04 Å². The number of hydrogen-bond donors (Lipinski definition) is 0. The molecule has 1 saturated heterocycles. The fourth-order valence-corrected chi connectivity index (χ4v) is 4.06. The molecule has 2 fully saturated rings. The first kappa shape index (κ1) is 17.5. The van der Waals surface area contributed by atoms with Gasteiger partial charge in [-0.3, -0.25) is 14.5 Å². The van der Waals surface area contributed by atoms with Crippen molar-refractivity contribution in [3.63, 3.8) is 0 Å². The molecule has 0 radical (unpaired) electrons. The van der Waals surface area contributed by atoms with E-state index in [2.05, 4.69) is 27.8 Å². The molecule has 22 heavy (non-hydrogen) atoms. The molecule has 1 heterocycles. The smallest absolute Gasteiger partial charge is 0.233 e. The maximum Gasteiger partial charge on any atom is 0.233 e. The third-order valence-corrected chi connectivity index (χ3v) is 6.16. The Balaban J connectivity index is 1.91. The molecule has 0 N–H and O–H groups in total. The third kappa shape index (κ3) is 3.37. The van der Waals surface area contributed by atoms with E-state index in [1.165, 1.54) is 0 Å². The van der Waals surface area contributed by atoms with E-state index in [0.717, 1.165) is 62.6 Å². The predicted octanol–water partition coefficient (Wildman–Crippen LogP) is 2.82. The summed E-state index contributed by atoms with van der Waals surface area (Å²) in [5.74, 6) is 0.225. The lowest BCUT2D eigenvalue weighted by molar-refractivity contribution is -0.906. The first-order valence-electron chi connectivity index (χ1n) is 9.14. The summed E-state index contributed by atoms with van der Waals surface area (Å²) in [7, 11) is 2.28. The van der Waals surface area contributed by atoms with Gasteiger partial charge < -0.3 is 4.48 Å². The van der Waals surface area contributed by atoms with Gasteiger partial charge in [-0.25, -0.2) is 0 Å². The van der Waals surface area contributed by atoms with Crippen LogP contribution in [0.5, 0.6) is 0 Å². The average molecular weight is 309 g/mol. The second-order valence-electron chi connectivity index (χ2n) is 7.51. The van der Waals surface area contributed by atoms with Gasteiger partial charge in [-0.15, -0.1) is 0 Å². The van der Waals surface area contributed by atoms with Gasteiger partial charge in [0.25, 0.3) is 0 Å². The van der Waals surface area contributed by atoms with Crippen LogP contribution in [0.1, 0.15) is 59.3 Å². The van der Waals surface area contributed by atoms with Crippen LogP contribution < -0.4 is 0 Å². The van der Waals surface area contributed by atoms with Crippen LogP contribution in [0.25, 0.3) is 0 Å². The fraction of sp³-hybridized carbons (Fsp3) is 0.889. The molecule has 4 nitrogen and oxygen atoms in total. The van der Waals surface area contributed by atoms with Crippen LogP contribution >= 0.6 is 0 Å². The molecule has 1 saturated carbocycles. The minimum atomic E-state index is -0.00368. The number of carbonyl (C=O) groups excluding carboxylic acids is 2. The van der Waals surface area contributed by atoms with E-state index in [1.54, 1.807) is 4.90 Å². The van der Waals surface area contributed by atoms with Crippen LogP contribution in [0.3, 0.4) is 0 Å². The molecule has 1 aliphatic heterocycles.